The Morgan fingerprint density at radius 1 is 1.08 bits per heavy atom. The normalized spacial score (nSPS) is 11.8. The molecule has 3 aromatic rings. The molecule has 1 heterocycles. The van der Waals surface area contributed by atoms with Gasteiger partial charge in [0, 0.05) is 17.3 Å². The SMILES string of the molecule is CCc1ccc(NC(C)c2ccc(-c3ccoc3C(=O)NN)cc2)cc1. The topological polar surface area (TPSA) is 80.3 Å². The van der Waals surface area contributed by atoms with Crippen molar-refractivity contribution in [2.45, 2.75) is 26.3 Å². The van der Waals surface area contributed by atoms with Crippen LogP contribution in [0.3, 0.4) is 0 Å². The van der Waals surface area contributed by atoms with Crippen LogP contribution in [0.25, 0.3) is 11.1 Å². The Morgan fingerprint density at radius 2 is 1.77 bits per heavy atom. The summed E-state index contributed by atoms with van der Waals surface area (Å²) >= 11 is 0. The second-order valence-corrected chi connectivity index (χ2v) is 6.18. The van der Waals surface area contributed by atoms with Crippen molar-refractivity contribution in [3.8, 4) is 11.1 Å². The van der Waals surface area contributed by atoms with Crippen LogP contribution in [-0.2, 0) is 6.42 Å². The van der Waals surface area contributed by atoms with Gasteiger partial charge in [0.15, 0.2) is 5.76 Å². The summed E-state index contributed by atoms with van der Waals surface area (Å²) in [6.45, 7) is 4.27. The third kappa shape index (κ3) is 3.78. The second kappa shape index (κ2) is 7.89. The zero-order valence-corrected chi connectivity index (χ0v) is 15.0. The minimum Gasteiger partial charge on any atom is -0.458 e. The lowest BCUT2D eigenvalue weighted by molar-refractivity contribution is 0.0927. The predicted octanol–water partition coefficient (Wildman–Crippen LogP) is 4.29. The van der Waals surface area contributed by atoms with Gasteiger partial charge in [0.25, 0.3) is 0 Å². The maximum absolute atomic E-state index is 11.8. The number of amides is 1. The highest BCUT2D eigenvalue weighted by Gasteiger charge is 2.16. The lowest BCUT2D eigenvalue weighted by Crippen LogP contribution is -2.29. The van der Waals surface area contributed by atoms with Crippen molar-refractivity contribution in [1.82, 2.24) is 5.43 Å². The first-order valence-electron chi connectivity index (χ1n) is 8.66. The molecule has 0 aliphatic rings. The maximum atomic E-state index is 11.8. The number of anilines is 1. The molecule has 0 bridgehead atoms. The Balaban J connectivity index is 1.74. The number of nitrogens with two attached hydrogens (primary N) is 1. The number of hydrogen-bond donors (Lipinski definition) is 3. The molecular formula is C21H23N3O2. The lowest BCUT2D eigenvalue weighted by Gasteiger charge is -2.16. The average Bonchev–Trinajstić information content (AvgIpc) is 3.18. The Labute approximate surface area is 153 Å². The van der Waals surface area contributed by atoms with Crippen LogP contribution in [0.15, 0.2) is 65.3 Å². The number of nitrogen functional groups attached to an aromatic ring is 1. The van der Waals surface area contributed by atoms with E-state index in [9.17, 15) is 4.79 Å². The monoisotopic (exact) mass is 349 g/mol. The molecule has 0 spiro atoms. The molecule has 0 saturated carbocycles. The molecule has 1 unspecified atom stereocenters. The van der Waals surface area contributed by atoms with Crippen LogP contribution < -0.4 is 16.6 Å². The predicted molar refractivity (Wildman–Crippen MR) is 104 cm³/mol. The molecule has 3 rings (SSSR count). The van der Waals surface area contributed by atoms with Gasteiger partial charge in [-0.05, 0) is 48.2 Å². The van der Waals surface area contributed by atoms with Crippen molar-refractivity contribution in [3.05, 3.63) is 77.7 Å². The van der Waals surface area contributed by atoms with Crippen LogP contribution in [0.5, 0.6) is 0 Å². The summed E-state index contributed by atoms with van der Waals surface area (Å²) < 4.78 is 5.24. The van der Waals surface area contributed by atoms with E-state index in [2.05, 4.69) is 48.9 Å². The van der Waals surface area contributed by atoms with Crippen LogP contribution >= 0.6 is 0 Å². The number of benzene rings is 2. The molecule has 0 aliphatic heterocycles. The molecule has 0 saturated heterocycles. The summed E-state index contributed by atoms with van der Waals surface area (Å²) in [6, 6.07) is 18.5. The third-order valence-corrected chi connectivity index (χ3v) is 4.47. The van der Waals surface area contributed by atoms with Crippen LogP contribution in [0.2, 0.25) is 0 Å². The maximum Gasteiger partial charge on any atom is 0.301 e. The summed E-state index contributed by atoms with van der Waals surface area (Å²) in [5.74, 6) is 4.96. The number of carbonyl (C=O) groups excluding carboxylic acids is 1. The minimum absolute atomic E-state index is 0.160. The number of nitrogens with one attached hydrogen (secondary N) is 2. The summed E-state index contributed by atoms with van der Waals surface area (Å²) in [6.07, 6.45) is 2.52. The molecule has 0 aliphatic carbocycles. The van der Waals surface area contributed by atoms with E-state index in [0.717, 1.165) is 28.8 Å². The molecule has 1 atom stereocenters. The van der Waals surface area contributed by atoms with Gasteiger partial charge in [0.2, 0.25) is 0 Å². The summed E-state index contributed by atoms with van der Waals surface area (Å²) in [4.78, 5) is 11.8. The number of hydrazine groups is 1. The van der Waals surface area contributed by atoms with Crippen molar-refractivity contribution >= 4 is 11.6 Å². The molecular weight excluding hydrogens is 326 g/mol. The number of hydrogen-bond acceptors (Lipinski definition) is 4. The van der Waals surface area contributed by atoms with Crippen molar-refractivity contribution in [2.24, 2.45) is 5.84 Å². The van der Waals surface area contributed by atoms with E-state index < -0.39 is 5.91 Å². The fraction of sp³-hybridized carbons (Fsp3) is 0.190. The van der Waals surface area contributed by atoms with Crippen molar-refractivity contribution in [3.63, 3.8) is 0 Å². The van der Waals surface area contributed by atoms with Gasteiger partial charge in [-0.1, -0.05) is 43.3 Å². The Bertz CT molecular complexity index is 867. The zero-order chi connectivity index (χ0) is 18.5. The first kappa shape index (κ1) is 17.8. The van der Waals surface area contributed by atoms with Gasteiger partial charge in [-0.15, -0.1) is 0 Å². The molecule has 134 valence electrons. The number of furan rings is 1. The van der Waals surface area contributed by atoms with Crippen molar-refractivity contribution < 1.29 is 9.21 Å². The number of aryl methyl sites for hydroxylation is 1. The molecule has 1 amide bonds. The first-order chi connectivity index (χ1) is 12.6. The molecule has 4 N–H and O–H groups in total. The fourth-order valence-electron chi connectivity index (χ4n) is 2.90. The van der Waals surface area contributed by atoms with E-state index in [0.29, 0.717) is 0 Å². The largest absolute Gasteiger partial charge is 0.458 e. The summed E-state index contributed by atoms with van der Waals surface area (Å²) in [5.41, 5.74) is 7.29. The van der Waals surface area contributed by atoms with Crippen LogP contribution in [0.4, 0.5) is 5.69 Å². The van der Waals surface area contributed by atoms with Gasteiger partial charge >= 0.3 is 5.91 Å². The quantitative estimate of drug-likeness (QED) is 0.352. The number of carbonyl (C=O) groups is 1. The van der Waals surface area contributed by atoms with Gasteiger partial charge in [-0.25, -0.2) is 5.84 Å². The summed E-state index contributed by atoms with van der Waals surface area (Å²) in [7, 11) is 0. The van der Waals surface area contributed by atoms with E-state index in [4.69, 9.17) is 10.3 Å². The van der Waals surface area contributed by atoms with Crippen LogP contribution in [0, 0.1) is 0 Å². The molecule has 5 heteroatoms. The van der Waals surface area contributed by atoms with E-state index >= 15 is 0 Å². The Hall–Kier alpha value is -3.05. The van der Waals surface area contributed by atoms with Gasteiger partial charge < -0.3 is 9.73 Å². The molecule has 0 radical (unpaired) electrons. The van der Waals surface area contributed by atoms with E-state index in [1.165, 1.54) is 11.8 Å². The lowest BCUT2D eigenvalue weighted by atomic mass is 10.0. The van der Waals surface area contributed by atoms with Crippen LogP contribution in [-0.4, -0.2) is 5.91 Å². The van der Waals surface area contributed by atoms with Gasteiger partial charge in [-0.2, -0.15) is 0 Å². The Morgan fingerprint density at radius 3 is 2.38 bits per heavy atom. The Kier molecular flexibility index (Phi) is 5.39. The molecule has 0 fully saturated rings. The van der Waals surface area contributed by atoms with E-state index in [1.54, 1.807) is 6.07 Å². The average molecular weight is 349 g/mol. The highest BCUT2D eigenvalue weighted by molar-refractivity contribution is 5.97. The molecule has 1 aromatic heterocycles. The molecule has 2 aromatic carbocycles. The van der Waals surface area contributed by atoms with E-state index in [1.807, 2.05) is 24.3 Å². The third-order valence-electron chi connectivity index (χ3n) is 4.47. The van der Waals surface area contributed by atoms with Crippen LogP contribution in [0.1, 0.15) is 41.6 Å². The van der Waals surface area contributed by atoms with Gasteiger partial charge in [0.1, 0.15) is 0 Å². The molecule has 26 heavy (non-hydrogen) atoms. The van der Waals surface area contributed by atoms with Gasteiger partial charge in [-0.3, -0.25) is 10.2 Å². The zero-order valence-electron chi connectivity index (χ0n) is 15.0. The highest BCUT2D eigenvalue weighted by Crippen LogP contribution is 2.27. The minimum atomic E-state index is -0.445. The van der Waals surface area contributed by atoms with E-state index in [-0.39, 0.29) is 11.8 Å². The van der Waals surface area contributed by atoms with Gasteiger partial charge in [0.05, 0.1) is 6.26 Å². The summed E-state index contributed by atoms with van der Waals surface area (Å²) in [5, 5.41) is 3.50. The highest BCUT2D eigenvalue weighted by atomic mass is 16.3. The smallest absolute Gasteiger partial charge is 0.301 e. The second-order valence-electron chi connectivity index (χ2n) is 6.18. The first-order valence-corrected chi connectivity index (χ1v) is 8.66. The van der Waals surface area contributed by atoms with Crippen molar-refractivity contribution in [2.75, 3.05) is 5.32 Å². The fourth-order valence-corrected chi connectivity index (χ4v) is 2.90. The van der Waals surface area contributed by atoms with Crippen molar-refractivity contribution in [1.29, 1.82) is 0 Å². The standard InChI is InChI=1S/C21H23N3O2/c1-3-15-4-10-18(11-5-15)23-14(2)16-6-8-17(9-7-16)19-12-13-26-20(19)21(25)24-22/h4-14,23H,3,22H2,1-2H3,(H,24,25). The number of rotatable bonds is 6. The molecule has 5 nitrogen and oxygen atoms in total.